The van der Waals surface area contributed by atoms with Crippen molar-refractivity contribution in [1.82, 2.24) is 20.7 Å². The van der Waals surface area contributed by atoms with E-state index in [-0.39, 0.29) is 48.4 Å². The average Bonchev–Trinajstić information content (AvgIpc) is 3.36. The summed E-state index contributed by atoms with van der Waals surface area (Å²) in [7, 11) is -4.31. The molecule has 4 N–H and O–H groups in total. The average molecular weight is 547 g/mol. The quantitative estimate of drug-likeness (QED) is 0.279. The van der Waals surface area contributed by atoms with Gasteiger partial charge in [0.05, 0.1) is 10.9 Å². The Bertz CT molecular complexity index is 1240. The maximum Gasteiger partial charge on any atom is 0.315 e. The number of sulfonamides is 1. The SMILES string of the molecule is CCC(NC[C@H](CC(C)C)NC(=O)NCc1ccccc1)C(=O)C(=O)NS(=O)(=O)c1ccc2c(c1)OCO2. The second-order valence-electron chi connectivity index (χ2n) is 9.32. The monoisotopic (exact) mass is 546 g/mol. The topological polar surface area (TPSA) is 152 Å². The van der Waals surface area contributed by atoms with Crippen molar-refractivity contribution in [2.24, 2.45) is 5.92 Å². The summed E-state index contributed by atoms with van der Waals surface area (Å²) in [5.74, 6) is -1.30. The molecule has 1 aliphatic rings. The van der Waals surface area contributed by atoms with Gasteiger partial charge in [0.2, 0.25) is 12.6 Å². The van der Waals surface area contributed by atoms with Gasteiger partial charge in [0, 0.05) is 25.2 Å². The van der Waals surface area contributed by atoms with Gasteiger partial charge in [0.25, 0.3) is 10.0 Å². The molecule has 2 aromatic carbocycles. The van der Waals surface area contributed by atoms with Gasteiger partial charge in [-0.2, -0.15) is 0 Å². The molecule has 0 aromatic heterocycles. The number of hydrogen-bond donors (Lipinski definition) is 4. The van der Waals surface area contributed by atoms with Crippen molar-refractivity contribution < 1.29 is 32.3 Å². The molecule has 0 radical (unpaired) electrons. The van der Waals surface area contributed by atoms with Crippen LogP contribution >= 0.6 is 0 Å². The highest BCUT2D eigenvalue weighted by Crippen LogP contribution is 2.33. The number of ether oxygens (including phenoxy) is 2. The minimum Gasteiger partial charge on any atom is -0.454 e. The van der Waals surface area contributed by atoms with E-state index in [0.717, 1.165) is 5.56 Å². The second kappa shape index (κ2) is 13.2. The summed E-state index contributed by atoms with van der Waals surface area (Å²) >= 11 is 0. The molecule has 0 aliphatic carbocycles. The van der Waals surface area contributed by atoms with Gasteiger partial charge in [-0.05, 0) is 36.5 Å². The van der Waals surface area contributed by atoms with Crippen LogP contribution < -0.4 is 30.1 Å². The number of hydrogen-bond acceptors (Lipinski definition) is 8. The number of nitrogens with one attached hydrogen (secondary N) is 4. The van der Waals surface area contributed by atoms with Crippen LogP contribution in [0.1, 0.15) is 39.2 Å². The second-order valence-corrected chi connectivity index (χ2v) is 11.0. The Balaban J connectivity index is 1.56. The maximum absolute atomic E-state index is 12.8. The number of carbonyl (C=O) groups excluding carboxylic acids is 3. The molecule has 2 aromatic rings. The van der Waals surface area contributed by atoms with Gasteiger partial charge in [-0.15, -0.1) is 0 Å². The van der Waals surface area contributed by atoms with Crippen molar-refractivity contribution in [3.05, 3.63) is 54.1 Å². The molecular weight excluding hydrogens is 512 g/mol. The third-order valence-electron chi connectivity index (χ3n) is 5.83. The number of urea groups is 1. The number of Topliss-reactive ketones (excluding diaryl/α,β-unsaturated/α-hetero) is 1. The predicted molar refractivity (Wildman–Crippen MR) is 140 cm³/mol. The first-order valence-corrected chi connectivity index (χ1v) is 13.9. The molecule has 1 unspecified atom stereocenters. The lowest BCUT2D eigenvalue weighted by molar-refractivity contribution is -0.138. The largest absolute Gasteiger partial charge is 0.454 e. The summed E-state index contributed by atoms with van der Waals surface area (Å²) in [6, 6.07) is 11.8. The zero-order chi connectivity index (χ0) is 27.7. The van der Waals surface area contributed by atoms with E-state index in [0.29, 0.717) is 18.7 Å². The van der Waals surface area contributed by atoms with Gasteiger partial charge in [0.1, 0.15) is 0 Å². The predicted octanol–water partition coefficient (Wildman–Crippen LogP) is 2.07. The Hall–Kier alpha value is -3.64. The fraction of sp³-hybridized carbons (Fsp3) is 0.423. The standard InChI is InChI=1S/C26H34N4O7S/c1-4-21(24(31)25(32)30-38(34,35)20-10-11-22-23(13-20)37-16-36-22)27-15-19(12-17(2)3)29-26(33)28-14-18-8-6-5-7-9-18/h5-11,13,17,19,21,27H,4,12,14-16H2,1-3H3,(H,30,32)(H2,28,29,33)/t19-,21?/m0/s1. The third-order valence-corrected chi connectivity index (χ3v) is 7.16. The first-order chi connectivity index (χ1) is 18.1. The summed E-state index contributed by atoms with van der Waals surface area (Å²) in [6.07, 6.45) is 0.867. The number of fused-ring (bicyclic) bond motifs is 1. The molecule has 2 atom stereocenters. The van der Waals surface area contributed by atoms with E-state index in [4.69, 9.17) is 9.47 Å². The van der Waals surface area contributed by atoms with E-state index in [2.05, 4.69) is 16.0 Å². The Labute approximate surface area is 222 Å². The van der Waals surface area contributed by atoms with Crippen LogP contribution in [0.15, 0.2) is 53.4 Å². The van der Waals surface area contributed by atoms with Crippen LogP contribution in [-0.2, 0) is 26.2 Å². The van der Waals surface area contributed by atoms with Crippen LogP contribution in [0.2, 0.25) is 0 Å². The van der Waals surface area contributed by atoms with Crippen LogP contribution in [0.3, 0.4) is 0 Å². The van der Waals surface area contributed by atoms with E-state index in [1.54, 1.807) is 6.92 Å². The van der Waals surface area contributed by atoms with Crippen LogP contribution in [0, 0.1) is 5.92 Å². The highest BCUT2D eigenvalue weighted by Gasteiger charge is 2.29. The van der Waals surface area contributed by atoms with Gasteiger partial charge in [-0.1, -0.05) is 51.1 Å². The number of ketones is 1. The highest BCUT2D eigenvalue weighted by molar-refractivity contribution is 7.90. The molecule has 0 fully saturated rings. The molecule has 1 aliphatic heterocycles. The fourth-order valence-corrected chi connectivity index (χ4v) is 4.89. The zero-order valence-corrected chi connectivity index (χ0v) is 22.5. The zero-order valence-electron chi connectivity index (χ0n) is 21.7. The molecular formula is C26H34N4O7S. The van der Waals surface area contributed by atoms with Crippen molar-refractivity contribution in [3.63, 3.8) is 0 Å². The molecule has 38 heavy (non-hydrogen) atoms. The number of carbonyl (C=O) groups is 3. The fourth-order valence-electron chi connectivity index (χ4n) is 3.92. The van der Waals surface area contributed by atoms with E-state index in [1.165, 1.54) is 18.2 Å². The van der Waals surface area contributed by atoms with Gasteiger partial charge in [-0.3, -0.25) is 9.59 Å². The Morgan fingerprint density at radius 1 is 1.00 bits per heavy atom. The minimum absolute atomic E-state index is 0.0329. The third kappa shape index (κ3) is 8.18. The molecule has 3 rings (SSSR count). The van der Waals surface area contributed by atoms with E-state index >= 15 is 0 Å². The van der Waals surface area contributed by atoms with Gasteiger partial charge in [0.15, 0.2) is 11.5 Å². The lowest BCUT2D eigenvalue weighted by Crippen LogP contribution is -2.52. The van der Waals surface area contributed by atoms with Gasteiger partial charge < -0.3 is 25.4 Å². The molecule has 12 heteroatoms. The van der Waals surface area contributed by atoms with E-state index < -0.39 is 27.8 Å². The maximum atomic E-state index is 12.8. The first kappa shape index (κ1) is 28.9. The Kier molecular flexibility index (Phi) is 10.1. The molecule has 206 valence electrons. The summed E-state index contributed by atoms with van der Waals surface area (Å²) in [5.41, 5.74) is 0.958. The van der Waals surface area contributed by atoms with E-state index in [1.807, 2.05) is 48.9 Å². The number of rotatable bonds is 13. The molecule has 0 saturated carbocycles. The molecule has 0 saturated heterocycles. The van der Waals surface area contributed by atoms with Crippen LogP contribution in [0.4, 0.5) is 4.79 Å². The van der Waals surface area contributed by atoms with Crippen molar-refractivity contribution in [2.45, 2.75) is 57.1 Å². The van der Waals surface area contributed by atoms with Crippen molar-refractivity contribution in [1.29, 1.82) is 0 Å². The number of amides is 3. The van der Waals surface area contributed by atoms with Crippen molar-refractivity contribution in [2.75, 3.05) is 13.3 Å². The smallest absolute Gasteiger partial charge is 0.315 e. The van der Waals surface area contributed by atoms with Crippen LogP contribution in [0.5, 0.6) is 11.5 Å². The molecule has 3 amide bonds. The van der Waals surface area contributed by atoms with Crippen LogP contribution in [-0.4, -0.2) is 51.6 Å². The normalized spacial score (nSPS) is 14.0. The molecule has 0 bridgehead atoms. The van der Waals surface area contributed by atoms with Crippen LogP contribution in [0.25, 0.3) is 0 Å². The summed E-state index contributed by atoms with van der Waals surface area (Å²) in [5, 5.41) is 8.72. The van der Waals surface area contributed by atoms with Crippen molar-refractivity contribution >= 4 is 27.7 Å². The lowest BCUT2D eigenvalue weighted by atomic mass is 10.0. The molecule has 11 nitrogen and oxygen atoms in total. The van der Waals surface area contributed by atoms with Crippen molar-refractivity contribution in [3.8, 4) is 11.5 Å². The highest BCUT2D eigenvalue weighted by atomic mass is 32.2. The van der Waals surface area contributed by atoms with E-state index in [9.17, 15) is 22.8 Å². The summed E-state index contributed by atoms with van der Waals surface area (Å²) in [6.45, 7) is 6.26. The Morgan fingerprint density at radius 2 is 1.71 bits per heavy atom. The molecule has 1 heterocycles. The summed E-state index contributed by atoms with van der Waals surface area (Å²) < 4.78 is 37.5. The lowest BCUT2D eigenvalue weighted by Gasteiger charge is -2.24. The van der Waals surface area contributed by atoms with Gasteiger partial charge in [-0.25, -0.2) is 17.9 Å². The Morgan fingerprint density at radius 3 is 2.39 bits per heavy atom. The summed E-state index contributed by atoms with van der Waals surface area (Å²) in [4.78, 5) is 37.6. The minimum atomic E-state index is -4.31. The van der Waals surface area contributed by atoms with Gasteiger partial charge >= 0.3 is 11.9 Å². The first-order valence-electron chi connectivity index (χ1n) is 12.4. The number of benzene rings is 2. The molecule has 0 spiro atoms.